The minimum absolute atomic E-state index is 0.122. The minimum atomic E-state index is -3.43. The lowest BCUT2D eigenvalue weighted by Gasteiger charge is -2.43. The zero-order chi connectivity index (χ0) is 82.1. The summed E-state index contributed by atoms with van der Waals surface area (Å²) >= 11 is 5.09. The molecule has 4 aliphatic rings. The Hall–Kier alpha value is -5.64. The SMILES string of the molecule is CC(C)C[C@@H]1CN(S(=O)(=O)c2cccs2)CCN1c1ccc(C(C)(C)O)cc1.CC(C)C[C@@H]1CN(S(=O)(=O)c2cccs2)CCN1c1ccc(C(C)(C)O)cc1.CC(C)C[C@H]1CN(S(=O)(=O)c2cccs2)CCN1c1ccc(C(C)(C)O)cc1.CC(C)C[C@H]1CN(S(=O)(=O)c2cccs2)CCN1c1ccc(C(C)(C)O)cc1. The second-order valence-corrected chi connectivity index (χ2v) is 46.0. The molecule has 4 aliphatic heterocycles. The molecule has 4 aromatic heterocycles. The van der Waals surface area contributed by atoms with Gasteiger partial charge < -0.3 is 40.0 Å². The molecule has 0 amide bonds. The molecular formula is C84H120N8O12S8. The monoisotopic (exact) mass is 1690 g/mol. The molecule has 20 nitrogen and oxygen atoms in total. The first-order valence-electron chi connectivity index (χ1n) is 38.9. The summed E-state index contributed by atoms with van der Waals surface area (Å²) in [7, 11) is -13.7. The number of sulfonamides is 4. The van der Waals surface area contributed by atoms with Gasteiger partial charge in [-0.3, -0.25) is 0 Å². The molecule has 28 heteroatoms. The van der Waals surface area contributed by atoms with Crippen LogP contribution in [0.1, 0.15) is 159 Å². The van der Waals surface area contributed by atoms with E-state index in [9.17, 15) is 54.1 Å². The second kappa shape index (κ2) is 37.7. The van der Waals surface area contributed by atoms with Gasteiger partial charge in [-0.05, 0) is 221 Å². The Labute approximate surface area is 685 Å². The average Bonchev–Trinajstić information content (AvgIpc) is 1.06. The highest BCUT2D eigenvalue weighted by atomic mass is 32.3. The summed E-state index contributed by atoms with van der Waals surface area (Å²) in [5, 5.41) is 48.0. The highest BCUT2D eigenvalue weighted by molar-refractivity contribution is 7.92. The molecule has 0 aliphatic carbocycles. The van der Waals surface area contributed by atoms with Crippen LogP contribution in [0.15, 0.2) is 184 Å². The van der Waals surface area contributed by atoms with E-state index in [4.69, 9.17) is 0 Å². The van der Waals surface area contributed by atoms with Gasteiger partial charge in [0, 0.05) is 125 Å². The van der Waals surface area contributed by atoms with E-state index in [1.165, 1.54) is 45.3 Å². The van der Waals surface area contributed by atoms with Crippen LogP contribution in [0.5, 0.6) is 0 Å². The molecule has 8 heterocycles. The van der Waals surface area contributed by atoms with E-state index in [1.54, 1.807) is 143 Å². The molecule has 8 aromatic rings. The number of benzene rings is 4. The Balaban J connectivity index is 0.000000171. The van der Waals surface area contributed by atoms with E-state index < -0.39 is 62.5 Å². The van der Waals surface area contributed by atoms with Gasteiger partial charge in [-0.15, -0.1) is 45.3 Å². The van der Waals surface area contributed by atoms with Gasteiger partial charge in [0.15, 0.2) is 0 Å². The lowest BCUT2D eigenvalue weighted by atomic mass is 9.97. The van der Waals surface area contributed by atoms with Crippen molar-refractivity contribution in [1.82, 2.24) is 17.2 Å². The van der Waals surface area contributed by atoms with Crippen LogP contribution in [0.3, 0.4) is 0 Å². The Morgan fingerprint density at radius 3 is 0.598 bits per heavy atom. The minimum Gasteiger partial charge on any atom is -0.386 e. The number of hydrogen-bond acceptors (Lipinski definition) is 20. The summed E-state index contributed by atoms with van der Waals surface area (Å²) in [6, 6.07) is 46.2. The summed E-state index contributed by atoms with van der Waals surface area (Å²) in [4.78, 5) is 9.26. The van der Waals surface area contributed by atoms with Crippen molar-refractivity contribution in [2.24, 2.45) is 23.7 Å². The summed E-state index contributed by atoms with van der Waals surface area (Å²) in [6.45, 7) is 38.0. The normalized spacial score (nSPS) is 19.4. The van der Waals surface area contributed by atoms with E-state index >= 15 is 0 Å². The van der Waals surface area contributed by atoms with Crippen LogP contribution in [0.25, 0.3) is 0 Å². The van der Waals surface area contributed by atoms with Crippen LogP contribution in [0, 0.1) is 23.7 Å². The van der Waals surface area contributed by atoms with Gasteiger partial charge in [0.25, 0.3) is 40.1 Å². The van der Waals surface area contributed by atoms with Crippen molar-refractivity contribution >= 4 is 108 Å². The molecule has 12 rings (SSSR count). The van der Waals surface area contributed by atoms with E-state index in [0.29, 0.717) is 119 Å². The molecule has 4 atom stereocenters. The smallest absolute Gasteiger partial charge is 0.252 e. The number of anilines is 4. The molecule has 4 N–H and O–H groups in total. The zero-order valence-corrected chi connectivity index (χ0v) is 74.5. The molecule has 0 radical (unpaired) electrons. The van der Waals surface area contributed by atoms with E-state index in [-0.39, 0.29) is 24.2 Å². The van der Waals surface area contributed by atoms with Gasteiger partial charge in [0.2, 0.25) is 0 Å². The average molecular weight is 1690 g/mol. The highest BCUT2D eigenvalue weighted by Crippen LogP contribution is 2.37. The topological polar surface area (TPSA) is 243 Å². The summed E-state index contributed by atoms with van der Waals surface area (Å²) in [6.07, 6.45) is 3.68. The quantitative estimate of drug-likeness (QED) is 0.0439. The first kappa shape index (κ1) is 90.3. The Bertz CT molecular complexity index is 4080. The van der Waals surface area contributed by atoms with Crippen LogP contribution in [-0.2, 0) is 62.5 Å². The van der Waals surface area contributed by atoms with Crippen LogP contribution in [-0.4, -0.2) is 174 Å². The van der Waals surface area contributed by atoms with Gasteiger partial charge in [-0.2, -0.15) is 17.2 Å². The van der Waals surface area contributed by atoms with Crippen molar-refractivity contribution in [1.29, 1.82) is 0 Å². The second-order valence-electron chi connectivity index (χ2n) is 33.5. The largest absolute Gasteiger partial charge is 0.386 e. The Morgan fingerprint density at radius 1 is 0.295 bits per heavy atom. The van der Waals surface area contributed by atoms with Crippen molar-refractivity contribution in [3.8, 4) is 0 Å². The van der Waals surface area contributed by atoms with Crippen LogP contribution in [0.2, 0.25) is 0 Å². The predicted octanol–water partition coefficient (Wildman–Crippen LogP) is 15.6. The number of hydrogen-bond donors (Lipinski definition) is 4. The maximum absolute atomic E-state index is 13.0. The third-order valence-corrected chi connectivity index (χ3v) is 33.7. The molecule has 112 heavy (non-hydrogen) atoms. The van der Waals surface area contributed by atoms with Crippen molar-refractivity contribution < 1.29 is 54.1 Å². The van der Waals surface area contributed by atoms with Crippen molar-refractivity contribution in [3.63, 3.8) is 0 Å². The van der Waals surface area contributed by atoms with Crippen molar-refractivity contribution in [3.05, 3.63) is 189 Å². The van der Waals surface area contributed by atoms with Crippen molar-refractivity contribution in [2.45, 2.75) is 200 Å². The lowest BCUT2D eigenvalue weighted by molar-refractivity contribution is 0.0780. The van der Waals surface area contributed by atoms with Crippen LogP contribution in [0.4, 0.5) is 22.7 Å². The first-order valence-corrected chi connectivity index (χ1v) is 48.2. The third-order valence-electron chi connectivity index (χ3n) is 20.7. The summed E-state index contributed by atoms with van der Waals surface area (Å²) in [5.74, 6) is 1.86. The fourth-order valence-corrected chi connectivity index (χ4v) is 25.4. The molecule has 4 fully saturated rings. The number of rotatable bonds is 24. The van der Waals surface area contributed by atoms with E-state index in [2.05, 4.69) is 75.0 Å². The first-order chi connectivity index (χ1) is 52.3. The molecule has 616 valence electrons. The molecular weight excluding hydrogens is 1570 g/mol. The fourth-order valence-electron chi connectivity index (χ4n) is 14.9. The molecule has 0 spiro atoms. The van der Waals surface area contributed by atoms with Crippen LogP contribution < -0.4 is 19.6 Å². The van der Waals surface area contributed by atoms with E-state index in [0.717, 1.165) is 70.7 Å². The van der Waals surface area contributed by atoms with Gasteiger partial charge in [0.1, 0.15) is 16.8 Å². The summed E-state index contributed by atoms with van der Waals surface area (Å²) in [5.41, 5.74) is 4.30. The maximum atomic E-state index is 13.0. The standard InChI is InChI=1S/4C21H30N2O3S2/c4*1-16(2)14-19-15-22(28(25,26)20-6-5-13-27-20)11-12-23(19)18-9-7-17(8-10-18)21(3,4)24/h4*5-10,13,16,19,24H,11-12,14-15H2,1-4H3/t4*19-/m1100/s1. The predicted molar refractivity (Wildman–Crippen MR) is 461 cm³/mol. The third kappa shape index (κ3) is 23.4. The Morgan fingerprint density at radius 2 is 0.464 bits per heavy atom. The fraction of sp³-hybridized carbons (Fsp3) is 0.524. The van der Waals surface area contributed by atoms with Crippen LogP contribution >= 0.6 is 45.3 Å². The number of nitrogens with zero attached hydrogens (tertiary/aromatic N) is 8. The molecule has 0 unspecified atom stereocenters. The summed E-state index contributed by atoms with van der Waals surface area (Å²) < 4.78 is 112. The Kier molecular flexibility index (Phi) is 30.4. The zero-order valence-electron chi connectivity index (χ0n) is 68.0. The van der Waals surface area contributed by atoms with Gasteiger partial charge in [-0.1, -0.05) is 128 Å². The molecule has 0 saturated carbocycles. The van der Waals surface area contributed by atoms with Gasteiger partial charge in [0.05, 0.1) is 22.4 Å². The molecule has 0 bridgehead atoms. The number of piperazine rings is 4. The number of aliphatic hydroxyl groups is 4. The lowest BCUT2D eigenvalue weighted by Crippen LogP contribution is -2.55. The maximum Gasteiger partial charge on any atom is 0.252 e. The van der Waals surface area contributed by atoms with Crippen molar-refractivity contribution in [2.75, 3.05) is 98.1 Å². The molecule has 4 saturated heterocycles. The highest BCUT2D eigenvalue weighted by Gasteiger charge is 2.40. The van der Waals surface area contributed by atoms with Gasteiger partial charge >= 0.3 is 0 Å². The molecule has 4 aromatic carbocycles. The van der Waals surface area contributed by atoms with E-state index in [1.807, 2.05) is 97.1 Å². The van der Waals surface area contributed by atoms with Gasteiger partial charge in [-0.25, -0.2) is 33.7 Å². The number of thiophene rings is 4.